The Hall–Kier alpha value is -4.54. The fourth-order valence-electron chi connectivity index (χ4n) is 4.85. The Kier molecular flexibility index (Phi) is 6.80. The third kappa shape index (κ3) is 5.70. The molecule has 208 valence electrons. The number of nitrogens with zero attached hydrogens (tertiary/aromatic N) is 4. The topological polar surface area (TPSA) is 107 Å². The molecule has 0 amide bonds. The van der Waals surface area contributed by atoms with Crippen LogP contribution in [0.5, 0.6) is 0 Å². The highest BCUT2D eigenvalue weighted by atomic mass is 32.2. The number of anilines is 1. The van der Waals surface area contributed by atoms with Gasteiger partial charge in [0.2, 0.25) is 0 Å². The van der Waals surface area contributed by atoms with Crippen molar-refractivity contribution < 1.29 is 4.39 Å². The summed E-state index contributed by atoms with van der Waals surface area (Å²) in [6, 6.07) is 11.4. The van der Waals surface area contributed by atoms with Crippen LogP contribution in [0.15, 0.2) is 67.4 Å². The van der Waals surface area contributed by atoms with E-state index in [-0.39, 0.29) is 5.82 Å². The van der Waals surface area contributed by atoms with Crippen LogP contribution in [-0.4, -0.2) is 54.2 Å². The molecule has 1 aromatic carbocycles. The van der Waals surface area contributed by atoms with E-state index in [1.807, 2.05) is 30.5 Å². The van der Waals surface area contributed by atoms with Crippen LogP contribution in [0.25, 0.3) is 55.6 Å². The van der Waals surface area contributed by atoms with Crippen molar-refractivity contribution in [3.8, 4) is 33.8 Å². The van der Waals surface area contributed by atoms with Crippen LogP contribution >= 0.6 is 9.39 Å². The number of halogens is 1. The molecular weight excluding hydrogens is 535 g/mol. The number of hydrogen-bond donors (Lipinski definition) is 4. The highest BCUT2D eigenvalue weighted by Gasteiger charge is 2.16. The van der Waals surface area contributed by atoms with E-state index in [1.165, 1.54) is 12.1 Å². The molecule has 0 saturated carbocycles. The highest BCUT2D eigenvalue weighted by molar-refractivity contribution is 8.25. The molecule has 0 unspecified atom stereocenters. The van der Waals surface area contributed by atoms with Gasteiger partial charge in [-0.1, -0.05) is 11.7 Å². The minimum absolute atomic E-state index is 0.291. The number of aromatic amines is 2. The third-order valence-electron chi connectivity index (χ3n) is 6.63. The van der Waals surface area contributed by atoms with Crippen LogP contribution in [-0.2, 0) is 6.54 Å². The molecule has 0 atom stereocenters. The predicted molar refractivity (Wildman–Crippen MR) is 171 cm³/mol. The molecule has 0 spiro atoms. The quantitative estimate of drug-likeness (QED) is 0.157. The molecule has 0 radical (unpaired) electrons. The molecule has 8 nitrogen and oxygen atoms in total. The number of benzene rings is 1. The van der Waals surface area contributed by atoms with Crippen LogP contribution < -0.4 is 10.0 Å². The van der Waals surface area contributed by atoms with Crippen LogP contribution in [0, 0.1) is 5.82 Å². The molecule has 6 aromatic rings. The first-order valence-electron chi connectivity index (χ1n) is 13.1. The normalized spacial score (nSPS) is 12.0. The lowest BCUT2D eigenvalue weighted by atomic mass is 10.0. The van der Waals surface area contributed by atoms with Gasteiger partial charge in [0.05, 0.1) is 40.5 Å². The fourth-order valence-corrected chi connectivity index (χ4v) is 5.36. The zero-order chi connectivity index (χ0) is 28.7. The van der Waals surface area contributed by atoms with Gasteiger partial charge in [-0.15, -0.1) is 0 Å². The molecule has 0 aliphatic heterocycles. The minimum atomic E-state index is -1.43. The molecule has 0 fully saturated rings. The molecule has 0 aliphatic carbocycles. The van der Waals surface area contributed by atoms with Gasteiger partial charge in [0, 0.05) is 53.1 Å². The summed E-state index contributed by atoms with van der Waals surface area (Å²) in [5, 5.41) is 12.9. The summed E-state index contributed by atoms with van der Waals surface area (Å²) >= 11 is 0. The maximum absolute atomic E-state index is 14.7. The van der Waals surface area contributed by atoms with Crippen LogP contribution in [0.4, 0.5) is 10.1 Å². The van der Waals surface area contributed by atoms with Gasteiger partial charge in [-0.3, -0.25) is 24.8 Å². The van der Waals surface area contributed by atoms with Crippen molar-refractivity contribution in [3.05, 3.63) is 78.8 Å². The molecular formula is C31H31FN8S. The first kappa shape index (κ1) is 26.7. The van der Waals surface area contributed by atoms with Crippen molar-refractivity contribution in [2.24, 2.45) is 0 Å². The van der Waals surface area contributed by atoms with Gasteiger partial charge in [0.15, 0.2) is 0 Å². The van der Waals surface area contributed by atoms with E-state index in [0.29, 0.717) is 12.6 Å². The lowest BCUT2D eigenvalue weighted by Gasteiger charge is -2.12. The first-order valence-corrected chi connectivity index (χ1v) is 15.5. The Morgan fingerprint density at radius 3 is 2.54 bits per heavy atom. The summed E-state index contributed by atoms with van der Waals surface area (Å²) in [6.07, 6.45) is 10.9. The maximum atomic E-state index is 14.7. The SMILES string of the molecule is C=S(=C)(C)NCc1cc(F)cc(-c2cncc3[nH]c(-c4n[nH]c5cnc(-c6cncc(NC(C)C)c6)cc45)cc23)c1. The zero-order valence-corrected chi connectivity index (χ0v) is 23.9. The van der Waals surface area contributed by atoms with Gasteiger partial charge in [0.1, 0.15) is 11.5 Å². The second kappa shape index (κ2) is 10.5. The number of H-pyrrole nitrogens is 2. The fraction of sp³-hybridized carbons (Fsp3) is 0.161. The Morgan fingerprint density at radius 1 is 0.902 bits per heavy atom. The average molecular weight is 567 g/mol. The van der Waals surface area contributed by atoms with Crippen LogP contribution in [0.2, 0.25) is 0 Å². The number of rotatable bonds is 8. The minimum Gasteiger partial charge on any atom is -0.382 e. The summed E-state index contributed by atoms with van der Waals surface area (Å²) in [4.78, 5) is 16.9. The molecule has 6 rings (SSSR count). The Labute approximate surface area is 238 Å². The van der Waals surface area contributed by atoms with Crippen molar-refractivity contribution in [2.75, 3.05) is 11.6 Å². The number of aromatic nitrogens is 6. The van der Waals surface area contributed by atoms with E-state index in [2.05, 4.69) is 65.8 Å². The van der Waals surface area contributed by atoms with E-state index in [4.69, 9.17) is 0 Å². The van der Waals surface area contributed by atoms with E-state index in [9.17, 15) is 4.39 Å². The van der Waals surface area contributed by atoms with Crippen LogP contribution in [0.1, 0.15) is 19.4 Å². The number of pyridine rings is 3. The largest absolute Gasteiger partial charge is 0.382 e. The molecule has 0 bridgehead atoms. The van der Waals surface area contributed by atoms with Crippen LogP contribution in [0.3, 0.4) is 0 Å². The van der Waals surface area contributed by atoms with Gasteiger partial charge < -0.3 is 10.3 Å². The Bertz CT molecular complexity index is 2010. The summed E-state index contributed by atoms with van der Waals surface area (Å²) in [5.74, 6) is 7.79. The monoisotopic (exact) mass is 566 g/mol. The van der Waals surface area contributed by atoms with E-state index < -0.39 is 9.39 Å². The number of hydrogen-bond acceptors (Lipinski definition) is 6. The molecule has 5 aromatic heterocycles. The lowest BCUT2D eigenvalue weighted by molar-refractivity contribution is 0.625. The molecule has 10 heteroatoms. The van der Waals surface area contributed by atoms with Crippen molar-refractivity contribution >= 4 is 48.6 Å². The number of fused-ring (bicyclic) bond motifs is 2. The van der Waals surface area contributed by atoms with Crippen molar-refractivity contribution in [2.45, 2.75) is 26.4 Å². The van der Waals surface area contributed by atoms with Crippen molar-refractivity contribution in [1.29, 1.82) is 0 Å². The first-order chi connectivity index (χ1) is 19.6. The van der Waals surface area contributed by atoms with Crippen molar-refractivity contribution in [3.63, 3.8) is 0 Å². The van der Waals surface area contributed by atoms with E-state index in [0.717, 1.165) is 66.8 Å². The van der Waals surface area contributed by atoms with E-state index >= 15 is 0 Å². The third-order valence-corrected chi connectivity index (χ3v) is 7.47. The molecule has 41 heavy (non-hydrogen) atoms. The zero-order valence-electron chi connectivity index (χ0n) is 23.1. The van der Waals surface area contributed by atoms with E-state index in [1.54, 1.807) is 31.0 Å². The molecule has 4 N–H and O–H groups in total. The summed E-state index contributed by atoms with van der Waals surface area (Å²) in [6.45, 7) is 4.65. The van der Waals surface area contributed by atoms with Gasteiger partial charge in [-0.2, -0.15) is 14.5 Å². The smallest absolute Gasteiger partial charge is 0.124 e. The number of nitrogens with one attached hydrogen (secondary N) is 4. The lowest BCUT2D eigenvalue weighted by Crippen LogP contribution is -2.09. The highest BCUT2D eigenvalue weighted by Crippen LogP contribution is 2.35. The average Bonchev–Trinajstić information content (AvgIpc) is 3.54. The van der Waals surface area contributed by atoms with Gasteiger partial charge in [0.25, 0.3) is 0 Å². The van der Waals surface area contributed by atoms with Gasteiger partial charge >= 0.3 is 0 Å². The molecule has 0 aliphatic rings. The van der Waals surface area contributed by atoms with Gasteiger partial charge in [-0.25, -0.2) is 4.39 Å². The predicted octanol–water partition coefficient (Wildman–Crippen LogP) is 6.49. The Morgan fingerprint density at radius 2 is 1.73 bits per heavy atom. The Balaban J connectivity index is 1.40. The summed E-state index contributed by atoms with van der Waals surface area (Å²) < 4.78 is 18.0. The standard InChI is InChI=1S/C31H31FN8S/c1-18(2)37-23-9-21(13-33-14-23)27-11-25-30(17-35-27)39-40-31(25)28-10-24-26(15-34-16-29(24)38-28)20-6-19(7-22(32)8-20)12-36-41(3,4)5/h6-11,13-18,36-38H,3-4,12H2,1-2,5H3,(H,39,40). The second-order valence-electron chi connectivity index (χ2n) is 10.7. The van der Waals surface area contributed by atoms with Crippen molar-refractivity contribution in [1.82, 2.24) is 34.9 Å². The van der Waals surface area contributed by atoms with Gasteiger partial charge in [-0.05, 0) is 67.6 Å². The summed E-state index contributed by atoms with van der Waals surface area (Å²) in [7, 11) is -1.43. The second-order valence-corrected chi connectivity index (χ2v) is 13.6. The maximum Gasteiger partial charge on any atom is 0.124 e. The molecule has 5 heterocycles. The summed E-state index contributed by atoms with van der Waals surface area (Å²) in [5.41, 5.74) is 8.25. The molecule has 0 saturated heterocycles.